The van der Waals surface area contributed by atoms with E-state index in [0.717, 1.165) is 11.3 Å². The van der Waals surface area contributed by atoms with E-state index in [1.54, 1.807) is 23.1 Å². The molecule has 0 saturated carbocycles. The van der Waals surface area contributed by atoms with Gasteiger partial charge in [-0.2, -0.15) is 0 Å². The number of halogens is 1. The maximum Gasteiger partial charge on any atom is 0.227 e. The molecule has 0 aliphatic carbocycles. The summed E-state index contributed by atoms with van der Waals surface area (Å²) >= 11 is 5.98. The normalized spacial score (nSPS) is 17.2. The first-order chi connectivity index (χ1) is 11.5. The average molecular weight is 343 g/mol. The molecule has 1 saturated heterocycles. The Bertz CT molecular complexity index is 758. The first-order valence-electron chi connectivity index (χ1n) is 7.92. The maximum atomic E-state index is 12.4. The first kappa shape index (κ1) is 16.5. The molecule has 24 heavy (non-hydrogen) atoms. The van der Waals surface area contributed by atoms with Gasteiger partial charge < -0.3 is 10.2 Å². The van der Waals surface area contributed by atoms with Crippen molar-refractivity contribution in [1.29, 1.82) is 0 Å². The van der Waals surface area contributed by atoms with Crippen LogP contribution in [0.15, 0.2) is 48.5 Å². The monoisotopic (exact) mass is 342 g/mol. The van der Waals surface area contributed by atoms with Crippen molar-refractivity contribution in [2.24, 2.45) is 5.92 Å². The standard InChI is InChI=1S/C19H19ClN2O2/c1-13-5-7-14(8-6-13)11-21-19(24)15-9-18(23)22(12-15)17-4-2-3-16(20)10-17/h2-8,10,15H,9,11-12H2,1H3,(H,21,24)/t15-/m0/s1. The summed E-state index contributed by atoms with van der Waals surface area (Å²) in [6.45, 7) is 2.89. The summed E-state index contributed by atoms with van der Waals surface area (Å²) in [5.41, 5.74) is 2.97. The third-order valence-corrected chi connectivity index (χ3v) is 4.44. The summed E-state index contributed by atoms with van der Waals surface area (Å²) in [4.78, 5) is 26.2. The Labute approximate surface area is 146 Å². The number of nitrogens with zero attached hydrogens (tertiary/aromatic N) is 1. The molecule has 0 radical (unpaired) electrons. The Kier molecular flexibility index (Phi) is 4.86. The third-order valence-electron chi connectivity index (χ3n) is 4.20. The molecule has 2 aromatic carbocycles. The summed E-state index contributed by atoms with van der Waals surface area (Å²) in [5, 5.41) is 3.50. The van der Waals surface area contributed by atoms with E-state index in [0.29, 0.717) is 18.1 Å². The van der Waals surface area contributed by atoms with Gasteiger partial charge in [-0.25, -0.2) is 0 Å². The van der Waals surface area contributed by atoms with Crippen LogP contribution in [0.3, 0.4) is 0 Å². The molecule has 0 aromatic heterocycles. The molecule has 3 rings (SSSR count). The topological polar surface area (TPSA) is 49.4 Å². The van der Waals surface area contributed by atoms with Gasteiger partial charge in [0.05, 0.1) is 5.92 Å². The predicted octanol–water partition coefficient (Wildman–Crippen LogP) is 3.32. The highest BCUT2D eigenvalue weighted by atomic mass is 35.5. The molecule has 1 fully saturated rings. The van der Waals surface area contributed by atoms with Crippen LogP contribution in [-0.2, 0) is 16.1 Å². The quantitative estimate of drug-likeness (QED) is 0.926. The predicted molar refractivity (Wildman–Crippen MR) is 94.9 cm³/mol. The molecule has 0 unspecified atom stereocenters. The molecule has 2 aromatic rings. The van der Waals surface area contributed by atoms with Crippen LogP contribution in [0.25, 0.3) is 0 Å². The summed E-state index contributed by atoms with van der Waals surface area (Å²) in [5.74, 6) is -0.469. The van der Waals surface area contributed by atoms with Gasteiger partial charge in [-0.3, -0.25) is 9.59 Å². The molecule has 4 nitrogen and oxygen atoms in total. The molecule has 1 heterocycles. The first-order valence-corrected chi connectivity index (χ1v) is 8.30. The number of hydrogen-bond donors (Lipinski definition) is 1. The second kappa shape index (κ2) is 7.05. The number of anilines is 1. The van der Waals surface area contributed by atoms with Gasteiger partial charge in [0.15, 0.2) is 0 Å². The van der Waals surface area contributed by atoms with Crippen molar-refractivity contribution in [2.45, 2.75) is 19.9 Å². The minimum absolute atomic E-state index is 0.0484. The van der Waals surface area contributed by atoms with E-state index in [9.17, 15) is 9.59 Å². The molecule has 1 aliphatic rings. The molecule has 2 amide bonds. The number of benzene rings is 2. The van der Waals surface area contributed by atoms with Crippen LogP contribution < -0.4 is 10.2 Å². The smallest absolute Gasteiger partial charge is 0.227 e. The second-order valence-electron chi connectivity index (χ2n) is 6.09. The van der Waals surface area contributed by atoms with Gasteiger partial charge in [-0.1, -0.05) is 47.5 Å². The van der Waals surface area contributed by atoms with Gasteiger partial charge in [-0.15, -0.1) is 0 Å². The molecule has 0 spiro atoms. The number of amides is 2. The van der Waals surface area contributed by atoms with Crippen molar-refractivity contribution >= 4 is 29.1 Å². The summed E-state index contributed by atoms with van der Waals surface area (Å²) < 4.78 is 0. The van der Waals surface area contributed by atoms with Crippen LogP contribution in [-0.4, -0.2) is 18.4 Å². The maximum absolute atomic E-state index is 12.4. The molecule has 1 atom stereocenters. The van der Waals surface area contributed by atoms with Gasteiger partial charge in [0.25, 0.3) is 0 Å². The summed E-state index contributed by atoms with van der Waals surface area (Å²) in [6, 6.07) is 15.2. The van der Waals surface area contributed by atoms with Gasteiger partial charge in [0.2, 0.25) is 11.8 Å². The highest BCUT2D eigenvalue weighted by molar-refractivity contribution is 6.30. The Balaban J connectivity index is 1.60. The number of carbonyl (C=O) groups excluding carboxylic acids is 2. The van der Waals surface area contributed by atoms with Gasteiger partial charge in [0, 0.05) is 30.2 Å². The SMILES string of the molecule is Cc1ccc(CNC(=O)[C@H]2CC(=O)N(c3cccc(Cl)c3)C2)cc1. The third kappa shape index (κ3) is 3.77. The largest absolute Gasteiger partial charge is 0.352 e. The van der Waals surface area contributed by atoms with E-state index in [1.807, 2.05) is 37.3 Å². The van der Waals surface area contributed by atoms with Gasteiger partial charge in [0.1, 0.15) is 0 Å². The Morgan fingerprint density at radius 2 is 2.00 bits per heavy atom. The van der Waals surface area contributed by atoms with Crippen molar-refractivity contribution in [3.63, 3.8) is 0 Å². The fourth-order valence-electron chi connectivity index (χ4n) is 2.82. The molecular weight excluding hydrogens is 324 g/mol. The second-order valence-corrected chi connectivity index (χ2v) is 6.53. The van der Waals surface area contributed by atoms with Crippen molar-refractivity contribution in [2.75, 3.05) is 11.4 Å². The van der Waals surface area contributed by atoms with Crippen molar-refractivity contribution in [3.05, 3.63) is 64.7 Å². The minimum Gasteiger partial charge on any atom is -0.352 e. The fourth-order valence-corrected chi connectivity index (χ4v) is 3.00. The van der Waals surface area contributed by atoms with Crippen molar-refractivity contribution in [3.8, 4) is 0 Å². The zero-order valence-corrected chi connectivity index (χ0v) is 14.2. The molecule has 0 bridgehead atoms. The van der Waals surface area contributed by atoms with E-state index in [4.69, 9.17) is 11.6 Å². The number of hydrogen-bond acceptors (Lipinski definition) is 2. The minimum atomic E-state index is -0.332. The molecule has 1 N–H and O–H groups in total. The van der Waals surface area contributed by atoms with E-state index >= 15 is 0 Å². The van der Waals surface area contributed by atoms with E-state index in [2.05, 4.69) is 5.32 Å². The van der Waals surface area contributed by atoms with Crippen LogP contribution in [0, 0.1) is 12.8 Å². The number of nitrogens with one attached hydrogen (secondary N) is 1. The molecular formula is C19H19ClN2O2. The lowest BCUT2D eigenvalue weighted by molar-refractivity contribution is -0.126. The van der Waals surface area contributed by atoms with E-state index in [1.165, 1.54) is 5.56 Å². The average Bonchev–Trinajstić information content (AvgIpc) is 2.96. The summed E-state index contributed by atoms with van der Waals surface area (Å²) in [6.07, 6.45) is 0.228. The lowest BCUT2D eigenvalue weighted by Gasteiger charge is -2.17. The number of carbonyl (C=O) groups is 2. The van der Waals surface area contributed by atoms with E-state index in [-0.39, 0.29) is 24.2 Å². The molecule has 5 heteroatoms. The molecule has 124 valence electrons. The van der Waals surface area contributed by atoms with Crippen LogP contribution in [0.5, 0.6) is 0 Å². The lowest BCUT2D eigenvalue weighted by atomic mass is 10.1. The highest BCUT2D eigenvalue weighted by Crippen LogP contribution is 2.27. The Morgan fingerprint density at radius 3 is 2.71 bits per heavy atom. The molecule has 1 aliphatic heterocycles. The Morgan fingerprint density at radius 1 is 1.25 bits per heavy atom. The van der Waals surface area contributed by atoms with Gasteiger partial charge in [-0.05, 0) is 30.7 Å². The van der Waals surface area contributed by atoms with Crippen LogP contribution in [0.1, 0.15) is 17.5 Å². The van der Waals surface area contributed by atoms with Gasteiger partial charge >= 0.3 is 0 Å². The lowest BCUT2D eigenvalue weighted by Crippen LogP contribution is -2.32. The highest BCUT2D eigenvalue weighted by Gasteiger charge is 2.35. The van der Waals surface area contributed by atoms with Crippen molar-refractivity contribution in [1.82, 2.24) is 5.32 Å². The number of rotatable bonds is 4. The van der Waals surface area contributed by atoms with Crippen molar-refractivity contribution < 1.29 is 9.59 Å². The van der Waals surface area contributed by atoms with Crippen LogP contribution in [0.4, 0.5) is 5.69 Å². The Hall–Kier alpha value is -2.33. The fraction of sp³-hybridized carbons (Fsp3) is 0.263. The van der Waals surface area contributed by atoms with Crippen LogP contribution in [0.2, 0.25) is 5.02 Å². The van der Waals surface area contributed by atoms with Crippen LogP contribution >= 0.6 is 11.6 Å². The zero-order valence-electron chi connectivity index (χ0n) is 13.5. The van der Waals surface area contributed by atoms with E-state index < -0.39 is 0 Å². The summed E-state index contributed by atoms with van der Waals surface area (Å²) in [7, 11) is 0. The number of aryl methyl sites for hydroxylation is 1. The zero-order chi connectivity index (χ0) is 17.1.